The highest BCUT2D eigenvalue weighted by Gasteiger charge is 2.29. The molecule has 0 unspecified atom stereocenters. The molecule has 1 aliphatic heterocycles. The number of amides is 3. The Morgan fingerprint density at radius 1 is 1.25 bits per heavy atom. The standard InChI is InChI=1S/C13H10N4O3/c1-17-9(5-6-14-17)12(19)15-8-4-2-3-7-10(8)13(20)16-11(7)18/h2-6H,1H3,(H,15,19)(H,16,18,20). The molecule has 2 aromatic rings. The van der Waals surface area contributed by atoms with Crippen LogP contribution < -0.4 is 10.6 Å². The molecule has 0 saturated carbocycles. The molecular formula is C13H10N4O3. The summed E-state index contributed by atoms with van der Waals surface area (Å²) in [6.07, 6.45) is 1.50. The van der Waals surface area contributed by atoms with Crippen LogP contribution in [0.4, 0.5) is 5.69 Å². The van der Waals surface area contributed by atoms with E-state index in [9.17, 15) is 14.4 Å². The second-order valence-corrected chi connectivity index (χ2v) is 4.31. The van der Waals surface area contributed by atoms with Gasteiger partial charge in [0.25, 0.3) is 17.7 Å². The van der Waals surface area contributed by atoms with E-state index in [4.69, 9.17) is 0 Å². The molecular weight excluding hydrogens is 260 g/mol. The Hall–Kier alpha value is -2.96. The summed E-state index contributed by atoms with van der Waals surface area (Å²) >= 11 is 0. The third kappa shape index (κ3) is 1.76. The molecule has 0 saturated heterocycles. The second kappa shape index (κ2) is 4.30. The van der Waals surface area contributed by atoms with Crippen molar-refractivity contribution in [2.45, 2.75) is 0 Å². The number of rotatable bonds is 2. The lowest BCUT2D eigenvalue weighted by atomic mass is 10.1. The van der Waals surface area contributed by atoms with Crippen molar-refractivity contribution in [1.82, 2.24) is 15.1 Å². The average molecular weight is 270 g/mol. The van der Waals surface area contributed by atoms with E-state index >= 15 is 0 Å². The van der Waals surface area contributed by atoms with Crippen LogP contribution in [0.2, 0.25) is 0 Å². The normalized spacial score (nSPS) is 13.1. The van der Waals surface area contributed by atoms with E-state index in [0.717, 1.165) is 0 Å². The van der Waals surface area contributed by atoms with Crippen LogP contribution in [-0.4, -0.2) is 27.5 Å². The lowest BCUT2D eigenvalue weighted by Crippen LogP contribution is -2.21. The van der Waals surface area contributed by atoms with Crippen LogP contribution in [-0.2, 0) is 7.05 Å². The van der Waals surface area contributed by atoms with Crippen molar-refractivity contribution < 1.29 is 14.4 Å². The van der Waals surface area contributed by atoms with Gasteiger partial charge in [-0.2, -0.15) is 5.10 Å². The Morgan fingerprint density at radius 2 is 2.05 bits per heavy atom. The number of hydrogen-bond acceptors (Lipinski definition) is 4. The zero-order valence-electron chi connectivity index (χ0n) is 10.5. The van der Waals surface area contributed by atoms with Crippen molar-refractivity contribution in [1.29, 1.82) is 0 Å². The average Bonchev–Trinajstić information content (AvgIpc) is 2.95. The van der Waals surface area contributed by atoms with Crippen molar-refractivity contribution in [3.05, 3.63) is 47.3 Å². The number of carbonyl (C=O) groups is 3. The number of carbonyl (C=O) groups excluding carboxylic acids is 3. The molecule has 0 atom stereocenters. The summed E-state index contributed by atoms with van der Waals surface area (Å²) in [4.78, 5) is 35.4. The largest absolute Gasteiger partial charge is 0.320 e. The van der Waals surface area contributed by atoms with Crippen LogP contribution in [0.5, 0.6) is 0 Å². The van der Waals surface area contributed by atoms with Crippen LogP contribution in [0.3, 0.4) is 0 Å². The van der Waals surface area contributed by atoms with E-state index in [2.05, 4.69) is 15.7 Å². The van der Waals surface area contributed by atoms with Gasteiger partial charge in [0.15, 0.2) is 0 Å². The predicted octanol–water partition coefficient (Wildman–Crippen LogP) is 0.556. The van der Waals surface area contributed by atoms with E-state index in [1.54, 1.807) is 25.2 Å². The molecule has 1 aromatic heterocycles. The summed E-state index contributed by atoms with van der Waals surface area (Å²) in [7, 11) is 1.64. The van der Waals surface area contributed by atoms with Crippen molar-refractivity contribution in [3.8, 4) is 0 Å². The highest BCUT2D eigenvalue weighted by molar-refractivity contribution is 6.24. The van der Waals surface area contributed by atoms with Crippen LogP contribution in [0.1, 0.15) is 31.2 Å². The van der Waals surface area contributed by atoms with E-state index in [0.29, 0.717) is 11.4 Å². The minimum Gasteiger partial charge on any atom is -0.320 e. The van der Waals surface area contributed by atoms with Crippen molar-refractivity contribution in [2.24, 2.45) is 7.05 Å². The molecule has 0 fully saturated rings. The molecule has 0 bridgehead atoms. The van der Waals surface area contributed by atoms with Gasteiger partial charge in [0.1, 0.15) is 5.69 Å². The highest BCUT2D eigenvalue weighted by atomic mass is 16.2. The summed E-state index contributed by atoms with van der Waals surface area (Å²) in [5.41, 5.74) is 1.11. The monoisotopic (exact) mass is 270 g/mol. The first kappa shape index (κ1) is 12.1. The smallest absolute Gasteiger partial charge is 0.273 e. The quantitative estimate of drug-likeness (QED) is 0.779. The summed E-state index contributed by atoms with van der Waals surface area (Å²) in [5, 5.41) is 8.72. The SMILES string of the molecule is Cn1nccc1C(=O)Nc1cccc2c1C(=O)NC2=O. The van der Waals surface area contributed by atoms with Crippen molar-refractivity contribution in [2.75, 3.05) is 5.32 Å². The van der Waals surface area contributed by atoms with Crippen LogP contribution in [0, 0.1) is 0 Å². The molecule has 20 heavy (non-hydrogen) atoms. The molecule has 0 radical (unpaired) electrons. The maximum atomic E-state index is 12.1. The zero-order chi connectivity index (χ0) is 14.3. The van der Waals surface area contributed by atoms with Gasteiger partial charge >= 0.3 is 0 Å². The van der Waals surface area contributed by atoms with Gasteiger partial charge in [-0.1, -0.05) is 6.07 Å². The topological polar surface area (TPSA) is 93.1 Å². The van der Waals surface area contributed by atoms with Crippen LogP contribution >= 0.6 is 0 Å². The number of aromatic nitrogens is 2. The summed E-state index contributed by atoms with van der Waals surface area (Å²) in [6, 6.07) is 6.28. The number of aryl methyl sites for hydroxylation is 1. The highest BCUT2D eigenvalue weighted by Crippen LogP contribution is 2.24. The maximum absolute atomic E-state index is 12.1. The van der Waals surface area contributed by atoms with E-state index in [1.165, 1.54) is 16.9 Å². The maximum Gasteiger partial charge on any atom is 0.273 e. The Bertz CT molecular complexity index is 748. The molecule has 1 aromatic carbocycles. The fourth-order valence-electron chi connectivity index (χ4n) is 2.11. The second-order valence-electron chi connectivity index (χ2n) is 4.31. The molecule has 0 spiro atoms. The minimum atomic E-state index is -0.508. The first-order valence-corrected chi connectivity index (χ1v) is 5.86. The fourth-order valence-corrected chi connectivity index (χ4v) is 2.11. The molecule has 3 rings (SSSR count). The molecule has 3 amide bonds. The number of hydrogen-bond donors (Lipinski definition) is 2. The first-order valence-electron chi connectivity index (χ1n) is 5.86. The van der Waals surface area contributed by atoms with Gasteiger partial charge in [0, 0.05) is 13.2 Å². The summed E-state index contributed by atoms with van der Waals surface area (Å²) in [6.45, 7) is 0. The lowest BCUT2D eigenvalue weighted by Gasteiger charge is -2.08. The molecule has 100 valence electrons. The third-order valence-corrected chi connectivity index (χ3v) is 3.06. The number of imide groups is 1. The molecule has 7 heteroatoms. The Kier molecular flexibility index (Phi) is 2.60. The molecule has 7 nitrogen and oxygen atoms in total. The Balaban J connectivity index is 1.97. The van der Waals surface area contributed by atoms with E-state index < -0.39 is 17.7 Å². The Morgan fingerprint density at radius 3 is 2.75 bits per heavy atom. The van der Waals surface area contributed by atoms with Gasteiger partial charge in [-0.15, -0.1) is 0 Å². The summed E-state index contributed by atoms with van der Waals surface area (Å²) in [5.74, 6) is -1.36. The van der Waals surface area contributed by atoms with Gasteiger partial charge in [0.2, 0.25) is 0 Å². The lowest BCUT2D eigenvalue weighted by molar-refractivity contribution is 0.0879. The summed E-state index contributed by atoms with van der Waals surface area (Å²) < 4.78 is 1.42. The van der Waals surface area contributed by atoms with Crippen molar-refractivity contribution >= 4 is 23.4 Å². The van der Waals surface area contributed by atoms with Gasteiger partial charge < -0.3 is 5.32 Å². The number of fused-ring (bicyclic) bond motifs is 1. The predicted molar refractivity (Wildman–Crippen MR) is 69.4 cm³/mol. The van der Waals surface area contributed by atoms with Gasteiger partial charge in [0.05, 0.1) is 16.8 Å². The minimum absolute atomic E-state index is 0.188. The number of benzene rings is 1. The van der Waals surface area contributed by atoms with Crippen LogP contribution in [0.25, 0.3) is 0 Å². The molecule has 2 N–H and O–H groups in total. The van der Waals surface area contributed by atoms with Gasteiger partial charge in [-0.05, 0) is 18.2 Å². The van der Waals surface area contributed by atoms with E-state index in [-0.39, 0.29) is 11.1 Å². The molecule has 1 aliphatic rings. The van der Waals surface area contributed by atoms with Gasteiger partial charge in [-0.25, -0.2) is 0 Å². The fraction of sp³-hybridized carbons (Fsp3) is 0.0769. The Labute approximate surface area is 113 Å². The van der Waals surface area contributed by atoms with Crippen LogP contribution in [0.15, 0.2) is 30.5 Å². The number of anilines is 1. The number of nitrogens with one attached hydrogen (secondary N) is 2. The van der Waals surface area contributed by atoms with E-state index in [1.807, 2.05) is 0 Å². The third-order valence-electron chi connectivity index (χ3n) is 3.06. The van der Waals surface area contributed by atoms with Crippen molar-refractivity contribution in [3.63, 3.8) is 0 Å². The van der Waals surface area contributed by atoms with Gasteiger partial charge in [-0.3, -0.25) is 24.4 Å². The first-order chi connectivity index (χ1) is 9.58. The molecule has 0 aliphatic carbocycles. The number of nitrogens with zero attached hydrogens (tertiary/aromatic N) is 2. The molecule has 2 heterocycles. The zero-order valence-corrected chi connectivity index (χ0v) is 10.5.